The molecule has 2 aliphatic heterocycles. The van der Waals surface area contributed by atoms with Crippen molar-refractivity contribution in [3.63, 3.8) is 0 Å². The SMILES string of the molecule is CCCC1NC(C)N(CC2CCCN2C)C1=O. The Balaban J connectivity index is 1.94. The lowest BCUT2D eigenvalue weighted by Crippen LogP contribution is -2.43. The predicted molar refractivity (Wildman–Crippen MR) is 68.7 cm³/mol. The molecule has 2 saturated heterocycles. The van der Waals surface area contributed by atoms with E-state index < -0.39 is 0 Å². The van der Waals surface area contributed by atoms with Crippen LogP contribution in [-0.2, 0) is 4.79 Å². The lowest BCUT2D eigenvalue weighted by atomic mass is 10.1. The molecule has 3 atom stereocenters. The Kier molecular flexibility index (Phi) is 4.05. The van der Waals surface area contributed by atoms with Gasteiger partial charge in [-0.15, -0.1) is 0 Å². The van der Waals surface area contributed by atoms with Gasteiger partial charge in [-0.05, 0) is 39.8 Å². The Bertz CT molecular complexity index is 282. The first kappa shape index (κ1) is 12.8. The summed E-state index contributed by atoms with van der Waals surface area (Å²) in [4.78, 5) is 16.7. The summed E-state index contributed by atoms with van der Waals surface area (Å²) in [6.07, 6.45) is 4.72. The average Bonchev–Trinajstić information content (AvgIpc) is 2.79. The number of likely N-dealkylation sites (tertiary alicyclic amines) is 1. The zero-order valence-electron chi connectivity index (χ0n) is 11.3. The predicted octanol–water partition coefficient (Wildman–Crippen LogP) is 1.03. The minimum Gasteiger partial charge on any atom is -0.325 e. The van der Waals surface area contributed by atoms with Gasteiger partial charge < -0.3 is 9.80 Å². The summed E-state index contributed by atoms with van der Waals surface area (Å²) >= 11 is 0. The molecule has 4 heteroatoms. The van der Waals surface area contributed by atoms with Gasteiger partial charge >= 0.3 is 0 Å². The second kappa shape index (κ2) is 5.36. The molecule has 2 aliphatic rings. The van der Waals surface area contributed by atoms with Gasteiger partial charge in [-0.2, -0.15) is 0 Å². The summed E-state index contributed by atoms with van der Waals surface area (Å²) in [5.41, 5.74) is 0. The summed E-state index contributed by atoms with van der Waals surface area (Å²) in [5.74, 6) is 0.305. The van der Waals surface area contributed by atoms with E-state index in [4.69, 9.17) is 0 Å². The zero-order valence-corrected chi connectivity index (χ0v) is 11.3. The van der Waals surface area contributed by atoms with E-state index in [1.54, 1.807) is 0 Å². The van der Waals surface area contributed by atoms with Crippen LogP contribution in [0.1, 0.15) is 39.5 Å². The van der Waals surface area contributed by atoms with Crippen LogP contribution in [0.25, 0.3) is 0 Å². The van der Waals surface area contributed by atoms with Crippen LogP contribution in [0.5, 0.6) is 0 Å². The van der Waals surface area contributed by atoms with Gasteiger partial charge in [0, 0.05) is 12.6 Å². The molecule has 4 nitrogen and oxygen atoms in total. The van der Waals surface area contributed by atoms with Crippen molar-refractivity contribution in [1.82, 2.24) is 15.1 Å². The molecule has 0 radical (unpaired) electrons. The van der Waals surface area contributed by atoms with Crippen molar-refractivity contribution in [1.29, 1.82) is 0 Å². The molecular weight excluding hydrogens is 214 g/mol. The van der Waals surface area contributed by atoms with Gasteiger partial charge in [0.05, 0.1) is 12.2 Å². The van der Waals surface area contributed by atoms with Gasteiger partial charge in [-0.1, -0.05) is 13.3 Å². The van der Waals surface area contributed by atoms with E-state index in [9.17, 15) is 4.79 Å². The molecule has 0 spiro atoms. The van der Waals surface area contributed by atoms with Crippen molar-refractivity contribution in [2.45, 2.75) is 57.8 Å². The maximum Gasteiger partial charge on any atom is 0.241 e. The molecule has 3 unspecified atom stereocenters. The van der Waals surface area contributed by atoms with Crippen LogP contribution in [0.15, 0.2) is 0 Å². The molecular formula is C13H25N3O. The van der Waals surface area contributed by atoms with Gasteiger partial charge in [-0.25, -0.2) is 0 Å². The zero-order chi connectivity index (χ0) is 12.4. The molecule has 2 rings (SSSR count). The molecule has 0 aromatic heterocycles. The van der Waals surface area contributed by atoms with Crippen molar-refractivity contribution in [3.8, 4) is 0 Å². The Morgan fingerprint density at radius 1 is 1.47 bits per heavy atom. The van der Waals surface area contributed by atoms with Crippen LogP contribution in [0, 0.1) is 0 Å². The lowest BCUT2D eigenvalue weighted by Gasteiger charge is -2.28. The van der Waals surface area contributed by atoms with E-state index in [0.29, 0.717) is 11.9 Å². The summed E-state index contributed by atoms with van der Waals surface area (Å²) < 4.78 is 0. The van der Waals surface area contributed by atoms with E-state index in [-0.39, 0.29) is 12.2 Å². The van der Waals surface area contributed by atoms with Crippen molar-refractivity contribution < 1.29 is 4.79 Å². The summed E-state index contributed by atoms with van der Waals surface area (Å²) in [7, 11) is 2.17. The molecule has 17 heavy (non-hydrogen) atoms. The molecule has 0 aromatic rings. The van der Waals surface area contributed by atoms with E-state index in [1.807, 2.05) is 4.90 Å². The highest BCUT2D eigenvalue weighted by Gasteiger charge is 2.37. The third kappa shape index (κ3) is 2.63. The number of carbonyl (C=O) groups is 1. The third-order valence-electron chi connectivity index (χ3n) is 4.15. The minimum absolute atomic E-state index is 0.0571. The third-order valence-corrected chi connectivity index (χ3v) is 4.15. The molecule has 1 N–H and O–H groups in total. The fourth-order valence-corrected chi connectivity index (χ4v) is 3.02. The van der Waals surface area contributed by atoms with Gasteiger partial charge in [0.15, 0.2) is 0 Å². The molecule has 2 fully saturated rings. The fraction of sp³-hybridized carbons (Fsp3) is 0.923. The monoisotopic (exact) mass is 239 g/mol. The number of nitrogens with one attached hydrogen (secondary N) is 1. The van der Waals surface area contributed by atoms with Gasteiger partial charge in [-0.3, -0.25) is 10.1 Å². The topological polar surface area (TPSA) is 35.6 Å². The summed E-state index contributed by atoms with van der Waals surface area (Å²) in [5, 5.41) is 3.40. The normalized spacial score (nSPS) is 34.9. The first-order valence-corrected chi connectivity index (χ1v) is 6.90. The molecule has 0 aromatic carbocycles. The Morgan fingerprint density at radius 2 is 2.24 bits per heavy atom. The maximum absolute atomic E-state index is 12.2. The quantitative estimate of drug-likeness (QED) is 0.796. The van der Waals surface area contributed by atoms with E-state index >= 15 is 0 Å². The van der Waals surface area contributed by atoms with Crippen LogP contribution in [-0.4, -0.2) is 54.1 Å². The number of nitrogens with zero attached hydrogens (tertiary/aromatic N) is 2. The van der Waals surface area contributed by atoms with E-state index in [0.717, 1.165) is 19.4 Å². The van der Waals surface area contributed by atoms with Gasteiger partial charge in [0.2, 0.25) is 5.91 Å². The van der Waals surface area contributed by atoms with Crippen LogP contribution < -0.4 is 5.32 Å². The maximum atomic E-state index is 12.2. The highest BCUT2D eigenvalue weighted by atomic mass is 16.2. The largest absolute Gasteiger partial charge is 0.325 e. The number of carbonyl (C=O) groups excluding carboxylic acids is 1. The first-order chi connectivity index (χ1) is 8.13. The summed E-state index contributed by atoms with van der Waals surface area (Å²) in [6.45, 7) is 6.30. The fourth-order valence-electron chi connectivity index (χ4n) is 3.02. The van der Waals surface area contributed by atoms with E-state index in [1.165, 1.54) is 19.4 Å². The number of amides is 1. The molecule has 2 heterocycles. The Hall–Kier alpha value is -0.610. The molecule has 1 amide bonds. The van der Waals surface area contributed by atoms with Crippen LogP contribution in [0.2, 0.25) is 0 Å². The average molecular weight is 239 g/mol. The number of hydrogen-bond acceptors (Lipinski definition) is 3. The number of hydrogen-bond donors (Lipinski definition) is 1. The molecule has 98 valence electrons. The molecule has 0 aliphatic carbocycles. The number of rotatable bonds is 4. The van der Waals surface area contributed by atoms with Crippen molar-refractivity contribution >= 4 is 5.91 Å². The highest BCUT2D eigenvalue weighted by Crippen LogP contribution is 2.20. The molecule has 0 saturated carbocycles. The van der Waals surface area contributed by atoms with E-state index in [2.05, 4.69) is 31.1 Å². The molecule has 0 bridgehead atoms. The Morgan fingerprint density at radius 3 is 2.82 bits per heavy atom. The van der Waals surface area contributed by atoms with Gasteiger partial charge in [0.1, 0.15) is 0 Å². The van der Waals surface area contributed by atoms with Crippen molar-refractivity contribution in [3.05, 3.63) is 0 Å². The van der Waals surface area contributed by atoms with Crippen LogP contribution in [0.3, 0.4) is 0 Å². The van der Waals surface area contributed by atoms with Crippen LogP contribution in [0.4, 0.5) is 0 Å². The standard InChI is InChI=1S/C13H25N3O/c1-4-6-12-13(17)16(10(2)14-12)9-11-7-5-8-15(11)3/h10-12,14H,4-9H2,1-3H3. The first-order valence-electron chi connectivity index (χ1n) is 6.90. The second-order valence-corrected chi connectivity index (χ2v) is 5.45. The highest BCUT2D eigenvalue weighted by molar-refractivity contribution is 5.84. The lowest BCUT2D eigenvalue weighted by molar-refractivity contribution is -0.130. The Labute approximate surface area is 104 Å². The summed E-state index contributed by atoms with van der Waals surface area (Å²) in [6, 6.07) is 0.616. The minimum atomic E-state index is 0.0571. The van der Waals surface area contributed by atoms with Gasteiger partial charge in [0.25, 0.3) is 0 Å². The number of likely N-dealkylation sites (N-methyl/N-ethyl adjacent to an activating group) is 1. The van der Waals surface area contributed by atoms with Crippen molar-refractivity contribution in [2.75, 3.05) is 20.1 Å². The van der Waals surface area contributed by atoms with Crippen molar-refractivity contribution in [2.24, 2.45) is 0 Å². The van der Waals surface area contributed by atoms with Crippen LogP contribution >= 0.6 is 0 Å². The smallest absolute Gasteiger partial charge is 0.241 e. The second-order valence-electron chi connectivity index (χ2n) is 5.45.